The van der Waals surface area contributed by atoms with E-state index in [2.05, 4.69) is 15.5 Å². The van der Waals surface area contributed by atoms with Crippen LogP contribution in [0, 0.1) is 0 Å². The van der Waals surface area contributed by atoms with E-state index in [0.29, 0.717) is 18.3 Å². The number of carbonyl (C=O) groups is 2. The summed E-state index contributed by atoms with van der Waals surface area (Å²) in [6.45, 7) is 4.46. The van der Waals surface area contributed by atoms with E-state index >= 15 is 0 Å². The Balaban J connectivity index is 2.02. The molecule has 0 saturated carbocycles. The smallest absolute Gasteiger partial charge is 0.318 e. The van der Waals surface area contributed by atoms with E-state index in [1.54, 1.807) is 4.90 Å². The second-order valence-corrected chi connectivity index (χ2v) is 5.40. The zero-order chi connectivity index (χ0) is 15.4. The van der Waals surface area contributed by atoms with E-state index in [-0.39, 0.29) is 31.0 Å². The molecule has 2 heterocycles. The van der Waals surface area contributed by atoms with Crippen LogP contribution < -0.4 is 5.32 Å². The van der Waals surface area contributed by atoms with Crippen LogP contribution >= 0.6 is 0 Å². The predicted molar refractivity (Wildman–Crippen MR) is 72.6 cm³/mol. The molecule has 0 unspecified atom stereocenters. The highest BCUT2D eigenvalue weighted by Gasteiger charge is 2.33. The van der Waals surface area contributed by atoms with Crippen molar-refractivity contribution in [2.75, 3.05) is 6.54 Å². The number of carboxylic acids is 1. The fourth-order valence-electron chi connectivity index (χ4n) is 2.33. The van der Waals surface area contributed by atoms with Crippen LogP contribution in [0.2, 0.25) is 0 Å². The lowest BCUT2D eigenvalue weighted by Crippen LogP contribution is -2.42. The Morgan fingerprint density at radius 1 is 1.52 bits per heavy atom. The van der Waals surface area contributed by atoms with Crippen molar-refractivity contribution < 1.29 is 19.2 Å². The number of hydrogen-bond donors (Lipinski definition) is 2. The van der Waals surface area contributed by atoms with Crippen molar-refractivity contribution in [1.82, 2.24) is 20.4 Å². The Morgan fingerprint density at radius 2 is 2.29 bits per heavy atom. The third kappa shape index (κ3) is 3.93. The molecule has 0 radical (unpaired) electrons. The summed E-state index contributed by atoms with van der Waals surface area (Å²) in [6.07, 6.45) is 1.82. The molecule has 1 aliphatic rings. The summed E-state index contributed by atoms with van der Waals surface area (Å²) < 4.78 is 5.05. The zero-order valence-corrected chi connectivity index (χ0v) is 12.2. The molecule has 21 heavy (non-hydrogen) atoms. The van der Waals surface area contributed by atoms with E-state index in [4.69, 9.17) is 9.63 Å². The second-order valence-electron chi connectivity index (χ2n) is 5.40. The number of aliphatic carboxylic acids is 1. The topological polar surface area (TPSA) is 109 Å². The maximum Gasteiger partial charge on any atom is 0.318 e. The number of carboxylic acid groups (broad SMARTS) is 1. The normalized spacial score (nSPS) is 18.2. The minimum Gasteiger partial charge on any atom is -0.481 e. The molecule has 2 N–H and O–H groups in total. The Bertz CT molecular complexity index is 514. The molecule has 1 fully saturated rings. The summed E-state index contributed by atoms with van der Waals surface area (Å²) in [7, 11) is 0. The van der Waals surface area contributed by atoms with Crippen LogP contribution in [0.1, 0.15) is 50.9 Å². The summed E-state index contributed by atoms with van der Waals surface area (Å²) >= 11 is 0. The first-order valence-corrected chi connectivity index (χ1v) is 7.08. The summed E-state index contributed by atoms with van der Waals surface area (Å²) in [5, 5.41) is 15.4. The molecule has 1 aromatic rings. The highest BCUT2D eigenvalue weighted by atomic mass is 16.5. The van der Waals surface area contributed by atoms with Crippen molar-refractivity contribution in [2.45, 2.75) is 51.6 Å². The molecule has 0 bridgehead atoms. The fraction of sp³-hybridized carbons (Fsp3) is 0.692. The van der Waals surface area contributed by atoms with Gasteiger partial charge in [0.15, 0.2) is 5.82 Å². The van der Waals surface area contributed by atoms with Crippen LogP contribution in [0.15, 0.2) is 4.52 Å². The van der Waals surface area contributed by atoms with Crippen molar-refractivity contribution in [2.24, 2.45) is 0 Å². The van der Waals surface area contributed by atoms with Gasteiger partial charge in [-0.3, -0.25) is 4.79 Å². The van der Waals surface area contributed by atoms with Gasteiger partial charge in [-0.1, -0.05) is 5.16 Å². The van der Waals surface area contributed by atoms with Gasteiger partial charge in [0.2, 0.25) is 5.89 Å². The fourth-order valence-corrected chi connectivity index (χ4v) is 2.33. The van der Waals surface area contributed by atoms with Crippen LogP contribution in [-0.2, 0) is 11.2 Å². The number of aryl methyl sites for hydroxylation is 1. The lowest BCUT2D eigenvalue weighted by molar-refractivity contribution is -0.137. The van der Waals surface area contributed by atoms with E-state index in [1.807, 2.05) is 13.8 Å². The number of hydrogen-bond acceptors (Lipinski definition) is 5. The van der Waals surface area contributed by atoms with Crippen LogP contribution in [-0.4, -0.2) is 44.7 Å². The van der Waals surface area contributed by atoms with E-state index < -0.39 is 5.97 Å². The summed E-state index contributed by atoms with van der Waals surface area (Å²) in [5.74, 6) is -0.163. The average molecular weight is 296 g/mol. The Kier molecular flexibility index (Phi) is 4.77. The van der Waals surface area contributed by atoms with E-state index in [0.717, 1.165) is 12.8 Å². The van der Waals surface area contributed by atoms with Gasteiger partial charge in [-0.05, 0) is 26.7 Å². The van der Waals surface area contributed by atoms with Crippen LogP contribution in [0.3, 0.4) is 0 Å². The standard InChI is InChI=1S/C13H20N4O4/c1-8(2)14-13(20)17-7-3-4-9(17)12-15-10(21-16-12)5-6-11(18)19/h8-9H,3-7H2,1-2H3,(H,14,20)(H,18,19)/t9-/m0/s1. The number of urea groups is 1. The van der Waals surface area contributed by atoms with Crippen molar-refractivity contribution in [3.8, 4) is 0 Å². The highest BCUT2D eigenvalue weighted by Crippen LogP contribution is 2.30. The molecule has 8 heteroatoms. The van der Waals surface area contributed by atoms with Gasteiger partial charge in [-0.15, -0.1) is 0 Å². The van der Waals surface area contributed by atoms with Gasteiger partial charge < -0.3 is 19.8 Å². The zero-order valence-electron chi connectivity index (χ0n) is 12.2. The molecule has 2 rings (SSSR count). The van der Waals surface area contributed by atoms with Crippen molar-refractivity contribution in [3.05, 3.63) is 11.7 Å². The van der Waals surface area contributed by atoms with Crippen LogP contribution in [0.5, 0.6) is 0 Å². The maximum absolute atomic E-state index is 12.1. The molecule has 1 aromatic heterocycles. The first-order chi connectivity index (χ1) is 9.97. The van der Waals surface area contributed by atoms with Gasteiger partial charge in [0.1, 0.15) is 0 Å². The van der Waals surface area contributed by atoms with Gasteiger partial charge in [0.05, 0.1) is 12.5 Å². The molecular formula is C13H20N4O4. The SMILES string of the molecule is CC(C)NC(=O)N1CCC[C@H]1c1noc(CCC(=O)O)n1. The third-order valence-electron chi connectivity index (χ3n) is 3.26. The molecule has 1 aliphatic heterocycles. The first kappa shape index (κ1) is 15.3. The lowest BCUT2D eigenvalue weighted by atomic mass is 10.2. The molecule has 0 aliphatic carbocycles. The molecular weight excluding hydrogens is 276 g/mol. The Labute approximate surface area is 122 Å². The minimum absolute atomic E-state index is 0.0517. The van der Waals surface area contributed by atoms with Gasteiger partial charge in [-0.2, -0.15) is 4.98 Å². The van der Waals surface area contributed by atoms with Gasteiger partial charge in [-0.25, -0.2) is 4.79 Å². The quantitative estimate of drug-likeness (QED) is 0.848. The minimum atomic E-state index is -0.909. The summed E-state index contributed by atoms with van der Waals surface area (Å²) in [5.41, 5.74) is 0. The molecule has 2 amide bonds. The van der Waals surface area contributed by atoms with Crippen molar-refractivity contribution in [3.63, 3.8) is 0 Å². The third-order valence-corrected chi connectivity index (χ3v) is 3.26. The molecule has 116 valence electrons. The Hall–Kier alpha value is -2.12. The van der Waals surface area contributed by atoms with Gasteiger partial charge in [0, 0.05) is 19.0 Å². The summed E-state index contributed by atoms with van der Waals surface area (Å²) in [4.78, 5) is 28.6. The molecule has 0 aromatic carbocycles. The van der Waals surface area contributed by atoms with E-state index in [9.17, 15) is 9.59 Å². The van der Waals surface area contributed by atoms with Gasteiger partial charge >= 0.3 is 12.0 Å². The van der Waals surface area contributed by atoms with Crippen molar-refractivity contribution in [1.29, 1.82) is 0 Å². The molecule has 1 atom stereocenters. The van der Waals surface area contributed by atoms with Crippen LogP contribution in [0.4, 0.5) is 4.79 Å². The van der Waals surface area contributed by atoms with Gasteiger partial charge in [0.25, 0.3) is 0 Å². The number of aromatic nitrogens is 2. The lowest BCUT2D eigenvalue weighted by Gasteiger charge is -2.23. The van der Waals surface area contributed by atoms with E-state index in [1.165, 1.54) is 0 Å². The number of amides is 2. The molecule has 0 spiro atoms. The number of nitrogens with zero attached hydrogens (tertiary/aromatic N) is 3. The largest absolute Gasteiger partial charge is 0.481 e. The Morgan fingerprint density at radius 3 is 2.95 bits per heavy atom. The molecule has 8 nitrogen and oxygen atoms in total. The molecule has 1 saturated heterocycles. The van der Waals surface area contributed by atoms with Crippen molar-refractivity contribution >= 4 is 12.0 Å². The predicted octanol–water partition coefficient (Wildman–Crippen LogP) is 1.34. The summed E-state index contributed by atoms with van der Waals surface area (Å²) in [6, 6.07) is -0.273. The average Bonchev–Trinajstić information content (AvgIpc) is 3.04. The number of carbonyl (C=O) groups excluding carboxylic acids is 1. The monoisotopic (exact) mass is 296 g/mol. The number of rotatable bonds is 5. The first-order valence-electron chi connectivity index (χ1n) is 7.08. The van der Waals surface area contributed by atoms with Crippen LogP contribution in [0.25, 0.3) is 0 Å². The maximum atomic E-state index is 12.1. The second kappa shape index (κ2) is 6.55. The number of nitrogens with one attached hydrogen (secondary N) is 1. The number of likely N-dealkylation sites (tertiary alicyclic amines) is 1. The highest BCUT2D eigenvalue weighted by molar-refractivity contribution is 5.75.